The molecular formula is C12H14N4S2. The van der Waals surface area contributed by atoms with Crippen LogP contribution in [0.1, 0.15) is 0 Å². The zero-order valence-electron chi connectivity index (χ0n) is 9.74. The molecule has 0 spiro atoms. The van der Waals surface area contributed by atoms with Gasteiger partial charge in [-0.25, -0.2) is 9.97 Å². The number of hydrogen-bond donors (Lipinski definition) is 2. The molecule has 0 saturated heterocycles. The molecule has 0 radical (unpaired) electrons. The molecule has 1 aromatic heterocycles. The molecular weight excluding hydrogens is 264 g/mol. The molecule has 0 aliphatic carbocycles. The van der Waals surface area contributed by atoms with Gasteiger partial charge < -0.3 is 11.5 Å². The Morgan fingerprint density at radius 2 is 1.50 bits per heavy atom. The number of aromatic nitrogens is 2. The van der Waals surface area contributed by atoms with Crippen molar-refractivity contribution in [3.8, 4) is 0 Å². The van der Waals surface area contributed by atoms with Crippen LogP contribution in [0.25, 0.3) is 0 Å². The van der Waals surface area contributed by atoms with Gasteiger partial charge in [0.05, 0.1) is 0 Å². The molecule has 0 atom stereocenters. The van der Waals surface area contributed by atoms with E-state index < -0.39 is 0 Å². The first-order chi connectivity index (χ1) is 8.74. The van der Waals surface area contributed by atoms with E-state index in [4.69, 9.17) is 11.5 Å². The summed E-state index contributed by atoms with van der Waals surface area (Å²) in [6, 6.07) is 11.9. The van der Waals surface area contributed by atoms with E-state index in [1.165, 1.54) is 4.90 Å². The predicted molar refractivity (Wildman–Crippen MR) is 78.7 cm³/mol. The van der Waals surface area contributed by atoms with Gasteiger partial charge in [0, 0.05) is 22.5 Å². The first kappa shape index (κ1) is 13.0. The van der Waals surface area contributed by atoms with Gasteiger partial charge in [-0.2, -0.15) is 0 Å². The Hall–Kier alpha value is -1.40. The van der Waals surface area contributed by atoms with Gasteiger partial charge in [-0.15, -0.1) is 11.8 Å². The van der Waals surface area contributed by atoms with Crippen molar-refractivity contribution in [1.29, 1.82) is 0 Å². The topological polar surface area (TPSA) is 77.8 Å². The molecule has 4 N–H and O–H groups in total. The van der Waals surface area contributed by atoms with Crippen LogP contribution in [0.2, 0.25) is 0 Å². The van der Waals surface area contributed by atoms with E-state index >= 15 is 0 Å². The lowest BCUT2D eigenvalue weighted by Gasteiger charge is -2.03. The fraction of sp³-hybridized carbons (Fsp3) is 0.167. The van der Waals surface area contributed by atoms with Crippen molar-refractivity contribution >= 4 is 35.2 Å². The number of benzene rings is 1. The predicted octanol–water partition coefficient (Wildman–Crippen LogP) is 2.53. The van der Waals surface area contributed by atoms with Crippen LogP contribution < -0.4 is 11.5 Å². The number of nitrogens with zero attached hydrogens (tertiary/aromatic N) is 2. The summed E-state index contributed by atoms with van der Waals surface area (Å²) in [4.78, 5) is 9.51. The van der Waals surface area contributed by atoms with Crippen molar-refractivity contribution in [1.82, 2.24) is 9.97 Å². The van der Waals surface area contributed by atoms with Gasteiger partial charge in [-0.05, 0) is 12.1 Å². The zero-order valence-corrected chi connectivity index (χ0v) is 11.4. The molecule has 0 aliphatic rings. The quantitative estimate of drug-likeness (QED) is 0.497. The third-order valence-electron chi connectivity index (χ3n) is 2.07. The summed E-state index contributed by atoms with van der Waals surface area (Å²) in [5.74, 6) is 2.75. The lowest BCUT2D eigenvalue weighted by molar-refractivity contribution is 0.985. The molecule has 94 valence electrons. The first-order valence-corrected chi connectivity index (χ1v) is 7.42. The van der Waals surface area contributed by atoms with Crippen LogP contribution in [0.5, 0.6) is 0 Å². The molecule has 6 heteroatoms. The highest BCUT2D eigenvalue weighted by Gasteiger charge is 2.01. The summed E-state index contributed by atoms with van der Waals surface area (Å²) in [5.41, 5.74) is 11.2. The summed E-state index contributed by atoms with van der Waals surface area (Å²) in [6.07, 6.45) is 0. The number of nitrogen functional groups attached to an aromatic ring is 2. The van der Waals surface area contributed by atoms with E-state index in [0.29, 0.717) is 16.8 Å². The highest BCUT2D eigenvalue weighted by molar-refractivity contribution is 8.02. The summed E-state index contributed by atoms with van der Waals surface area (Å²) in [7, 11) is 0. The molecule has 1 aromatic carbocycles. The van der Waals surface area contributed by atoms with Crippen LogP contribution in [0.3, 0.4) is 0 Å². The first-order valence-electron chi connectivity index (χ1n) is 5.45. The second-order valence-corrected chi connectivity index (χ2v) is 5.74. The van der Waals surface area contributed by atoms with Crippen molar-refractivity contribution in [3.05, 3.63) is 36.4 Å². The van der Waals surface area contributed by atoms with Crippen molar-refractivity contribution in [2.24, 2.45) is 0 Å². The number of nitrogens with two attached hydrogens (primary N) is 2. The maximum atomic E-state index is 5.61. The molecule has 0 saturated carbocycles. The Balaban J connectivity index is 1.78. The summed E-state index contributed by atoms with van der Waals surface area (Å²) in [6.45, 7) is 0. The van der Waals surface area contributed by atoms with E-state index in [1.807, 2.05) is 30.0 Å². The van der Waals surface area contributed by atoms with Gasteiger partial charge in [0.15, 0.2) is 5.16 Å². The molecule has 18 heavy (non-hydrogen) atoms. The van der Waals surface area contributed by atoms with Crippen LogP contribution >= 0.6 is 23.5 Å². The fourth-order valence-electron chi connectivity index (χ4n) is 1.34. The van der Waals surface area contributed by atoms with Gasteiger partial charge in [0.2, 0.25) is 0 Å². The Labute approximate surface area is 115 Å². The standard InChI is InChI=1S/C12H14N4S2/c13-10-8-11(14)16-12(15-10)18-7-6-17-9-4-2-1-3-5-9/h1-5,8H,6-7H2,(H4,13,14,15,16). The van der Waals surface area contributed by atoms with E-state index in [9.17, 15) is 0 Å². The molecule has 0 fully saturated rings. The molecule has 1 heterocycles. The number of anilines is 2. The maximum absolute atomic E-state index is 5.61. The molecule has 0 aliphatic heterocycles. The molecule has 0 amide bonds. The van der Waals surface area contributed by atoms with Crippen molar-refractivity contribution in [3.63, 3.8) is 0 Å². The Morgan fingerprint density at radius 1 is 0.889 bits per heavy atom. The number of rotatable bonds is 5. The Kier molecular flexibility index (Phi) is 4.72. The summed E-state index contributed by atoms with van der Waals surface area (Å²) >= 11 is 3.37. The minimum absolute atomic E-state index is 0.417. The van der Waals surface area contributed by atoms with Crippen LogP contribution in [0.4, 0.5) is 11.6 Å². The maximum Gasteiger partial charge on any atom is 0.191 e. The lowest BCUT2D eigenvalue weighted by atomic mass is 10.4. The molecule has 0 unspecified atom stereocenters. The highest BCUT2D eigenvalue weighted by atomic mass is 32.2. The Bertz CT molecular complexity index is 484. The van der Waals surface area contributed by atoms with Crippen molar-refractivity contribution < 1.29 is 0 Å². The van der Waals surface area contributed by atoms with Crippen molar-refractivity contribution in [2.75, 3.05) is 23.0 Å². The van der Waals surface area contributed by atoms with Crippen LogP contribution in [-0.2, 0) is 0 Å². The monoisotopic (exact) mass is 278 g/mol. The van der Waals surface area contributed by atoms with E-state index in [-0.39, 0.29) is 0 Å². The van der Waals surface area contributed by atoms with E-state index in [1.54, 1.807) is 17.8 Å². The lowest BCUT2D eigenvalue weighted by Crippen LogP contribution is -1.99. The van der Waals surface area contributed by atoms with Gasteiger partial charge >= 0.3 is 0 Å². The number of thioether (sulfide) groups is 2. The van der Waals surface area contributed by atoms with Crippen molar-refractivity contribution in [2.45, 2.75) is 10.1 Å². The van der Waals surface area contributed by atoms with Crippen LogP contribution in [-0.4, -0.2) is 21.5 Å². The third-order valence-corrected chi connectivity index (χ3v) is 4.19. The third kappa shape index (κ3) is 4.12. The average molecular weight is 278 g/mol. The molecule has 2 aromatic rings. The Morgan fingerprint density at radius 3 is 2.17 bits per heavy atom. The van der Waals surface area contributed by atoms with E-state index in [0.717, 1.165) is 11.5 Å². The molecule has 0 bridgehead atoms. The fourth-order valence-corrected chi connectivity index (χ4v) is 3.11. The molecule has 4 nitrogen and oxygen atoms in total. The summed E-state index contributed by atoms with van der Waals surface area (Å²) < 4.78 is 0. The average Bonchev–Trinajstić information content (AvgIpc) is 2.35. The zero-order chi connectivity index (χ0) is 12.8. The number of hydrogen-bond acceptors (Lipinski definition) is 6. The van der Waals surface area contributed by atoms with Gasteiger partial charge in [0.25, 0.3) is 0 Å². The minimum atomic E-state index is 0.417. The molecule has 2 rings (SSSR count). The van der Waals surface area contributed by atoms with Gasteiger partial charge in [-0.3, -0.25) is 0 Å². The second-order valence-electron chi connectivity index (χ2n) is 3.51. The van der Waals surface area contributed by atoms with Gasteiger partial charge in [-0.1, -0.05) is 30.0 Å². The summed E-state index contributed by atoms with van der Waals surface area (Å²) in [5, 5.41) is 0.640. The SMILES string of the molecule is Nc1cc(N)nc(SCCSc2ccccc2)n1. The van der Waals surface area contributed by atoms with Crippen LogP contribution in [0, 0.1) is 0 Å². The largest absolute Gasteiger partial charge is 0.383 e. The van der Waals surface area contributed by atoms with Crippen LogP contribution in [0.15, 0.2) is 46.5 Å². The second kappa shape index (κ2) is 6.51. The minimum Gasteiger partial charge on any atom is -0.383 e. The normalized spacial score (nSPS) is 10.4. The van der Waals surface area contributed by atoms with Gasteiger partial charge in [0.1, 0.15) is 11.6 Å². The highest BCUT2D eigenvalue weighted by Crippen LogP contribution is 2.21. The van der Waals surface area contributed by atoms with E-state index in [2.05, 4.69) is 22.1 Å². The smallest absolute Gasteiger partial charge is 0.191 e.